The third-order valence-corrected chi connectivity index (χ3v) is 5.09. The molecule has 1 aliphatic rings. The lowest BCUT2D eigenvalue weighted by Gasteiger charge is -2.28. The number of carbonyl (C=O) groups is 1. The van der Waals surface area contributed by atoms with Crippen molar-refractivity contribution in [2.24, 2.45) is 0 Å². The second kappa shape index (κ2) is 6.91. The number of anilines is 2. The van der Waals surface area contributed by atoms with Gasteiger partial charge in [0.25, 0.3) is 5.91 Å². The summed E-state index contributed by atoms with van der Waals surface area (Å²) in [5.41, 5.74) is 1.36. The van der Waals surface area contributed by atoms with Gasteiger partial charge < -0.3 is 15.0 Å². The van der Waals surface area contributed by atoms with Gasteiger partial charge in [0.2, 0.25) is 5.28 Å². The molecule has 1 N–H and O–H groups in total. The predicted molar refractivity (Wildman–Crippen MR) is 97.6 cm³/mol. The van der Waals surface area contributed by atoms with E-state index in [0.717, 1.165) is 23.6 Å². The Morgan fingerprint density at radius 2 is 2.00 bits per heavy atom. The average Bonchev–Trinajstić information content (AvgIpc) is 3.06. The largest absolute Gasteiger partial charge is 0.378 e. The highest BCUT2D eigenvalue weighted by molar-refractivity contribution is 7.21. The molecule has 0 aromatic carbocycles. The molecule has 0 bridgehead atoms. The summed E-state index contributed by atoms with van der Waals surface area (Å²) in [7, 11) is 0. The van der Waals surface area contributed by atoms with E-state index in [-0.39, 0.29) is 11.2 Å². The minimum atomic E-state index is -0.196. The molecule has 1 fully saturated rings. The van der Waals surface area contributed by atoms with Crippen LogP contribution in [0.15, 0.2) is 30.6 Å². The summed E-state index contributed by atoms with van der Waals surface area (Å²) in [5.74, 6) is 0.560. The van der Waals surface area contributed by atoms with Crippen molar-refractivity contribution in [2.75, 3.05) is 36.5 Å². The zero-order chi connectivity index (χ0) is 17.2. The number of ether oxygens (including phenoxy) is 1. The van der Waals surface area contributed by atoms with Gasteiger partial charge in [-0.05, 0) is 29.8 Å². The maximum absolute atomic E-state index is 12.5. The zero-order valence-corrected chi connectivity index (χ0v) is 14.7. The number of aromatic nitrogens is 3. The van der Waals surface area contributed by atoms with Crippen LogP contribution in [0.1, 0.15) is 9.67 Å². The molecule has 0 unspecified atom stereocenters. The number of rotatable bonds is 3. The van der Waals surface area contributed by atoms with Gasteiger partial charge in [0, 0.05) is 31.2 Å². The van der Waals surface area contributed by atoms with Crippen LogP contribution in [0.2, 0.25) is 5.28 Å². The van der Waals surface area contributed by atoms with Crippen LogP contribution in [0.5, 0.6) is 0 Å². The molecule has 7 nitrogen and oxygen atoms in total. The molecule has 4 rings (SSSR count). The molecule has 4 heterocycles. The Labute approximate surface area is 152 Å². The summed E-state index contributed by atoms with van der Waals surface area (Å²) in [4.78, 5) is 27.8. The monoisotopic (exact) mass is 375 g/mol. The van der Waals surface area contributed by atoms with Gasteiger partial charge in [-0.15, -0.1) is 11.3 Å². The Balaban J connectivity index is 1.68. The third kappa shape index (κ3) is 3.41. The fourth-order valence-electron chi connectivity index (χ4n) is 2.62. The topological polar surface area (TPSA) is 80.2 Å². The molecule has 0 atom stereocenters. The van der Waals surface area contributed by atoms with Gasteiger partial charge in [0.05, 0.1) is 28.3 Å². The van der Waals surface area contributed by atoms with Crippen LogP contribution in [-0.4, -0.2) is 47.2 Å². The molecule has 0 aliphatic carbocycles. The number of amides is 1. The quantitative estimate of drug-likeness (QED) is 0.709. The number of fused-ring (bicyclic) bond motifs is 1. The number of thiophene rings is 1. The van der Waals surface area contributed by atoms with Gasteiger partial charge in [0.15, 0.2) is 5.82 Å². The summed E-state index contributed by atoms with van der Waals surface area (Å²) in [6.07, 6.45) is 3.25. The van der Waals surface area contributed by atoms with Crippen LogP contribution in [-0.2, 0) is 4.74 Å². The third-order valence-electron chi connectivity index (χ3n) is 3.80. The molecular weight excluding hydrogens is 362 g/mol. The summed E-state index contributed by atoms with van der Waals surface area (Å²) < 4.78 is 6.24. The maximum atomic E-state index is 12.5. The van der Waals surface area contributed by atoms with Crippen molar-refractivity contribution in [3.63, 3.8) is 0 Å². The van der Waals surface area contributed by atoms with Crippen LogP contribution >= 0.6 is 22.9 Å². The fraction of sp³-hybridized carbons (Fsp3) is 0.250. The summed E-state index contributed by atoms with van der Waals surface area (Å²) in [6.45, 7) is 2.76. The molecule has 1 aliphatic heterocycles. The highest BCUT2D eigenvalue weighted by Gasteiger charge is 2.21. The summed E-state index contributed by atoms with van der Waals surface area (Å²) in [5, 5.41) is 3.02. The Hall–Kier alpha value is -2.29. The SMILES string of the molecule is O=C(Nc1ccncc1)c1cc2nc(Cl)nc(N3CCOCC3)c2s1. The van der Waals surface area contributed by atoms with Crippen LogP contribution < -0.4 is 10.2 Å². The van der Waals surface area contributed by atoms with Crippen LogP contribution in [0, 0.1) is 0 Å². The maximum Gasteiger partial charge on any atom is 0.265 e. The Morgan fingerprint density at radius 3 is 2.76 bits per heavy atom. The van der Waals surface area contributed by atoms with Crippen molar-refractivity contribution in [2.45, 2.75) is 0 Å². The predicted octanol–water partition coefficient (Wildman–Crippen LogP) is 2.83. The van der Waals surface area contributed by atoms with Crippen LogP contribution in [0.4, 0.5) is 11.5 Å². The van der Waals surface area contributed by atoms with Gasteiger partial charge in [-0.2, -0.15) is 4.98 Å². The number of pyridine rings is 1. The van der Waals surface area contributed by atoms with Crippen molar-refractivity contribution in [3.05, 3.63) is 40.8 Å². The smallest absolute Gasteiger partial charge is 0.265 e. The lowest BCUT2D eigenvalue weighted by molar-refractivity contribution is 0.103. The van der Waals surface area contributed by atoms with Gasteiger partial charge in [0.1, 0.15) is 0 Å². The number of morpholine rings is 1. The van der Waals surface area contributed by atoms with Gasteiger partial charge in [-0.1, -0.05) is 0 Å². The van der Waals surface area contributed by atoms with Crippen molar-refractivity contribution in [1.82, 2.24) is 15.0 Å². The highest BCUT2D eigenvalue weighted by Crippen LogP contribution is 2.33. The molecule has 1 saturated heterocycles. The van der Waals surface area contributed by atoms with Crippen LogP contribution in [0.25, 0.3) is 10.2 Å². The van der Waals surface area contributed by atoms with E-state index in [1.54, 1.807) is 30.6 Å². The van der Waals surface area contributed by atoms with E-state index in [2.05, 4.69) is 25.2 Å². The molecule has 0 radical (unpaired) electrons. The van der Waals surface area contributed by atoms with E-state index >= 15 is 0 Å². The van der Waals surface area contributed by atoms with Crippen molar-refractivity contribution < 1.29 is 9.53 Å². The molecule has 3 aromatic rings. The Bertz CT molecular complexity index is 912. The first-order valence-corrected chi connectivity index (χ1v) is 8.91. The number of carbonyl (C=O) groups excluding carboxylic acids is 1. The van der Waals surface area contributed by atoms with E-state index < -0.39 is 0 Å². The molecule has 1 amide bonds. The molecule has 9 heteroatoms. The van der Waals surface area contributed by atoms with E-state index in [4.69, 9.17) is 16.3 Å². The highest BCUT2D eigenvalue weighted by atomic mass is 35.5. The normalized spacial score (nSPS) is 14.7. The lowest BCUT2D eigenvalue weighted by Crippen LogP contribution is -2.36. The van der Waals surface area contributed by atoms with Gasteiger partial charge in [-0.3, -0.25) is 9.78 Å². The number of nitrogens with zero attached hydrogens (tertiary/aromatic N) is 4. The van der Waals surface area contributed by atoms with E-state index in [0.29, 0.717) is 29.3 Å². The second-order valence-corrected chi connectivity index (χ2v) is 6.82. The molecular formula is C16H14ClN5O2S. The number of hydrogen-bond donors (Lipinski definition) is 1. The summed E-state index contributed by atoms with van der Waals surface area (Å²) in [6, 6.07) is 5.22. The molecule has 0 spiro atoms. The van der Waals surface area contributed by atoms with Gasteiger partial charge >= 0.3 is 0 Å². The van der Waals surface area contributed by atoms with Crippen molar-refractivity contribution in [1.29, 1.82) is 0 Å². The zero-order valence-electron chi connectivity index (χ0n) is 13.1. The number of hydrogen-bond acceptors (Lipinski definition) is 7. The van der Waals surface area contributed by atoms with Gasteiger partial charge in [-0.25, -0.2) is 4.98 Å². The Morgan fingerprint density at radius 1 is 1.24 bits per heavy atom. The fourth-order valence-corrected chi connectivity index (χ4v) is 3.80. The molecule has 128 valence electrons. The average molecular weight is 376 g/mol. The van der Waals surface area contributed by atoms with Crippen molar-refractivity contribution in [3.8, 4) is 0 Å². The van der Waals surface area contributed by atoms with E-state index in [1.807, 2.05) is 0 Å². The Kier molecular flexibility index (Phi) is 4.48. The minimum absolute atomic E-state index is 0.174. The minimum Gasteiger partial charge on any atom is -0.378 e. The van der Waals surface area contributed by atoms with E-state index in [1.165, 1.54) is 11.3 Å². The van der Waals surface area contributed by atoms with E-state index in [9.17, 15) is 4.79 Å². The molecule has 25 heavy (non-hydrogen) atoms. The second-order valence-electron chi connectivity index (χ2n) is 5.43. The first-order valence-electron chi connectivity index (χ1n) is 7.72. The van der Waals surface area contributed by atoms with Crippen LogP contribution in [0.3, 0.4) is 0 Å². The lowest BCUT2D eigenvalue weighted by atomic mass is 10.3. The first-order chi connectivity index (χ1) is 12.2. The molecule has 3 aromatic heterocycles. The standard InChI is InChI=1S/C16H14ClN5O2S/c17-16-20-11-9-12(15(23)19-10-1-3-18-4-2-10)25-13(11)14(21-16)22-5-7-24-8-6-22/h1-4,9H,5-8H2,(H,18,19,23). The van der Waals surface area contributed by atoms with Crippen molar-refractivity contribution >= 4 is 50.6 Å². The molecule has 0 saturated carbocycles. The number of halogens is 1. The number of nitrogens with one attached hydrogen (secondary N) is 1. The summed E-state index contributed by atoms with van der Waals surface area (Å²) >= 11 is 7.44. The first kappa shape index (κ1) is 16.2.